The molecule has 1 aromatic heterocycles. The third kappa shape index (κ3) is 3.42. The predicted molar refractivity (Wildman–Crippen MR) is 75.7 cm³/mol. The maximum Gasteiger partial charge on any atom is 0.352 e. The van der Waals surface area contributed by atoms with Gasteiger partial charge in [-0.15, -0.1) is 0 Å². The minimum Gasteiger partial charge on any atom is -0.477 e. The molecule has 1 amide bonds. The van der Waals surface area contributed by atoms with Gasteiger partial charge in [-0.1, -0.05) is 0 Å². The van der Waals surface area contributed by atoms with Crippen LogP contribution in [0.4, 0.5) is 0 Å². The van der Waals surface area contributed by atoms with E-state index in [0.29, 0.717) is 0 Å². The fourth-order valence-electron chi connectivity index (χ4n) is 1.99. The number of aromatic carboxylic acids is 1. The number of H-pyrrole nitrogens is 1. The summed E-state index contributed by atoms with van der Waals surface area (Å²) in [6, 6.07) is 0. The van der Waals surface area contributed by atoms with Crippen LogP contribution in [0.2, 0.25) is 0 Å². The van der Waals surface area contributed by atoms with Crippen molar-refractivity contribution >= 4 is 21.9 Å². The van der Waals surface area contributed by atoms with Crippen LogP contribution in [0.3, 0.4) is 0 Å². The third-order valence-corrected chi connectivity index (χ3v) is 5.31. The zero-order valence-corrected chi connectivity index (χ0v) is 13.2. The topological polar surface area (TPSA) is 120 Å². The molecule has 0 aliphatic rings. The number of hydrogen-bond acceptors (Lipinski definition) is 4. The van der Waals surface area contributed by atoms with Gasteiger partial charge in [0.05, 0.1) is 0 Å². The number of nitrogens with one attached hydrogen (secondary N) is 2. The van der Waals surface area contributed by atoms with E-state index in [1.807, 2.05) is 0 Å². The molecule has 118 valence electrons. The van der Waals surface area contributed by atoms with Crippen LogP contribution in [0.1, 0.15) is 28.2 Å². The molecule has 1 rings (SSSR count). The van der Waals surface area contributed by atoms with Crippen molar-refractivity contribution < 1.29 is 23.1 Å². The minimum atomic E-state index is -3.86. The Balaban J connectivity index is 3.14. The van der Waals surface area contributed by atoms with E-state index in [4.69, 9.17) is 5.11 Å². The normalized spacial score (nSPS) is 11.7. The number of sulfonamides is 1. The number of carboxylic acids is 1. The van der Waals surface area contributed by atoms with Gasteiger partial charge in [0.2, 0.25) is 15.9 Å². The molecule has 0 aliphatic carbocycles. The Hall–Kier alpha value is -1.87. The van der Waals surface area contributed by atoms with Crippen LogP contribution in [-0.4, -0.2) is 55.3 Å². The van der Waals surface area contributed by atoms with Crippen LogP contribution >= 0.6 is 0 Å². The molecule has 9 heteroatoms. The van der Waals surface area contributed by atoms with Gasteiger partial charge in [0.25, 0.3) is 0 Å². The first-order valence-corrected chi connectivity index (χ1v) is 7.66. The molecule has 1 aromatic rings. The molecular formula is C12H19N3O5S. The van der Waals surface area contributed by atoms with Crippen molar-refractivity contribution in [1.29, 1.82) is 0 Å². The van der Waals surface area contributed by atoms with Crippen LogP contribution in [0, 0.1) is 13.8 Å². The van der Waals surface area contributed by atoms with Gasteiger partial charge < -0.3 is 15.4 Å². The summed E-state index contributed by atoms with van der Waals surface area (Å²) in [5.74, 6) is -1.49. The van der Waals surface area contributed by atoms with Crippen LogP contribution in [0.5, 0.6) is 0 Å². The molecule has 1 heterocycles. The molecule has 0 unspecified atom stereocenters. The Labute approximate surface area is 123 Å². The number of hydrogen-bond donors (Lipinski definition) is 3. The number of aromatic nitrogens is 1. The highest BCUT2D eigenvalue weighted by Gasteiger charge is 2.29. The first-order chi connectivity index (χ1) is 9.62. The number of nitrogens with zero attached hydrogens (tertiary/aromatic N) is 1. The Kier molecular flexibility index (Phi) is 5.13. The van der Waals surface area contributed by atoms with Gasteiger partial charge in [-0.25, -0.2) is 17.5 Å². The fraction of sp³-hybridized carbons (Fsp3) is 0.500. The van der Waals surface area contributed by atoms with Gasteiger partial charge >= 0.3 is 5.97 Å². The molecule has 21 heavy (non-hydrogen) atoms. The molecule has 0 fully saturated rings. The summed E-state index contributed by atoms with van der Waals surface area (Å²) in [6.45, 7) is 2.94. The van der Waals surface area contributed by atoms with Crippen molar-refractivity contribution in [1.82, 2.24) is 14.6 Å². The lowest BCUT2D eigenvalue weighted by atomic mass is 10.2. The first kappa shape index (κ1) is 17.2. The van der Waals surface area contributed by atoms with Gasteiger partial charge in [0.15, 0.2) is 0 Å². The maximum atomic E-state index is 12.5. The lowest BCUT2D eigenvalue weighted by Crippen LogP contribution is -2.32. The second kappa shape index (κ2) is 6.27. The van der Waals surface area contributed by atoms with Crippen LogP contribution in [0.25, 0.3) is 0 Å². The third-order valence-electron chi connectivity index (χ3n) is 3.18. The van der Waals surface area contributed by atoms with E-state index in [1.54, 1.807) is 0 Å². The number of carbonyl (C=O) groups excluding carboxylic acids is 1. The largest absolute Gasteiger partial charge is 0.477 e. The number of aryl methyl sites for hydroxylation is 1. The lowest BCUT2D eigenvalue weighted by molar-refractivity contribution is -0.120. The van der Waals surface area contributed by atoms with E-state index in [9.17, 15) is 18.0 Å². The number of aromatic amines is 1. The highest BCUT2D eigenvalue weighted by molar-refractivity contribution is 7.89. The number of amides is 1. The van der Waals surface area contributed by atoms with Gasteiger partial charge in [0.1, 0.15) is 10.6 Å². The standard InChI is InChI=1S/C12H19N3O5S/c1-7-10(12(17)18)14-8(2)11(7)21(19,20)15(4)6-5-9(16)13-3/h14H,5-6H2,1-4H3,(H,13,16)(H,17,18). The van der Waals surface area contributed by atoms with Crippen molar-refractivity contribution in [3.05, 3.63) is 17.0 Å². The van der Waals surface area contributed by atoms with Crippen molar-refractivity contribution in [3.8, 4) is 0 Å². The zero-order chi connectivity index (χ0) is 16.4. The molecule has 0 saturated carbocycles. The van der Waals surface area contributed by atoms with Gasteiger partial charge in [-0.2, -0.15) is 0 Å². The highest BCUT2D eigenvalue weighted by Crippen LogP contribution is 2.25. The lowest BCUT2D eigenvalue weighted by Gasteiger charge is -2.17. The van der Waals surface area contributed by atoms with E-state index in [-0.39, 0.29) is 40.7 Å². The van der Waals surface area contributed by atoms with Gasteiger partial charge in [-0.05, 0) is 13.8 Å². The molecule has 0 spiro atoms. The Bertz CT molecular complexity index is 663. The van der Waals surface area contributed by atoms with Crippen molar-refractivity contribution in [2.45, 2.75) is 25.2 Å². The number of rotatable bonds is 6. The van der Waals surface area contributed by atoms with E-state index in [0.717, 1.165) is 4.31 Å². The van der Waals surface area contributed by atoms with Gasteiger partial charge in [0, 0.05) is 38.3 Å². The number of carboxylic acid groups (broad SMARTS) is 1. The molecule has 0 bridgehead atoms. The second-order valence-electron chi connectivity index (χ2n) is 4.63. The summed E-state index contributed by atoms with van der Waals surface area (Å²) in [4.78, 5) is 24.7. The molecular weight excluding hydrogens is 298 g/mol. The predicted octanol–water partition coefficient (Wildman–Crippen LogP) is 0.0863. The summed E-state index contributed by atoms with van der Waals surface area (Å²) in [7, 11) is -1.04. The van der Waals surface area contributed by atoms with Crippen LogP contribution < -0.4 is 5.32 Å². The van der Waals surface area contributed by atoms with Crippen molar-refractivity contribution in [2.75, 3.05) is 20.6 Å². The molecule has 8 nitrogen and oxygen atoms in total. The molecule has 0 aliphatic heterocycles. The van der Waals surface area contributed by atoms with Gasteiger partial charge in [-0.3, -0.25) is 4.79 Å². The average molecular weight is 317 g/mol. The Morgan fingerprint density at radius 3 is 2.33 bits per heavy atom. The molecule has 3 N–H and O–H groups in total. The van der Waals surface area contributed by atoms with Crippen LogP contribution in [-0.2, 0) is 14.8 Å². The highest BCUT2D eigenvalue weighted by atomic mass is 32.2. The van der Waals surface area contributed by atoms with E-state index >= 15 is 0 Å². The summed E-state index contributed by atoms with van der Waals surface area (Å²) in [5.41, 5.74) is 0.272. The average Bonchev–Trinajstić information content (AvgIpc) is 2.71. The number of carbonyl (C=O) groups is 2. The monoisotopic (exact) mass is 317 g/mol. The quantitative estimate of drug-likeness (QED) is 0.686. The van der Waals surface area contributed by atoms with E-state index < -0.39 is 16.0 Å². The van der Waals surface area contributed by atoms with Crippen molar-refractivity contribution in [3.63, 3.8) is 0 Å². The SMILES string of the molecule is CNC(=O)CCN(C)S(=O)(=O)c1c(C)[nH]c(C(=O)O)c1C. The Morgan fingerprint density at radius 2 is 1.90 bits per heavy atom. The molecule has 0 atom stereocenters. The summed E-state index contributed by atoms with van der Waals surface area (Å²) in [5, 5.41) is 11.4. The second-order valence-corrected chi connectivity index (χ2v) is 6.62. The van der Waals surface area contributed by atoms with E-state index in [2.05, 4.69) is 10.3 Å². The van der Waals surface area contributed by atoms with Crippen molar-refractivity contribution in [2.24, 2.45) is 0 Å². The minimum absolute atomic E-state index is 0.00840. The fourth-order valence-corrected chi connectivity index (χ4v) is 3.56. The first-order valence-electron chi connectivity index (χ1n) is 6.22. The molecule has 0 radical (unpaired) electrons. The maximum absolute atomic E-state index is 12.5. The van der Waals surface area contributed by atoms with Crippen LogP contribution in [0.15, 0.2) is 4.90 Å². The Morgan fingerprint density at radius 1 is 1.33 bits per heavy atom. The zero-order valence-electron chi connectivity index (χ0n) is 12.3. The summed E-state index contributed by atoms with van der Waals surface area (Å²) >= 11 is 0. The molecule has 0 aromatic carbocycles. The van der Waals surface area contributed by atoms with E-state index in [1.165, 1.54) is 27.9 Å². The smallest absolute Gasteiger partial charge is 0.352 e. The molecule has 0 saturated heterocycles. The summed E-state index contributed by atoms with van der Waals surface area (Å²) in [6.07, 6.45) is 0.0283. The summed E-state index contributed by atoms with van der Waals surface area (Å²) < 4.78 is 26.0.